The van der Waals surface area contributed by atoms with Gasteiger partial charge in [-0.15, -0.1) is 0 Å². The van der Waals surface area contributed by atoms with Gasteiger partial charge < -0.3 is 4.42 Å². The lowest BCUT2D eigenvalue weighted by Crippen LogP contribution is -2.11. The van der Waals surface area contributed by atoms with Crippen LogP contribution in [0.15, 0.2) is 83.3 Å². The van der Waals surface area contributed by atoms with Crippen molar-refractivity contribution >= 4 is 33.1 Å². The van der Waals surface area contributed by atoms with E-state index in [2.05, 4.69) is 112 Å². The van der Waals surface area contributed by atoms with Crippen molar-refractivity contribution in [3.05, 3.63) is 90.1 Å². The Bertz CT molecular complexity index is 1710. The first kappa shape index (κ1) is 22.5. The number of nitrogens with zero attached hydrogens (tertiary/aromatic N) is 3. The average Bonchev–Trinajstić information content (AvgIpc) is 3.41. The number of imidazole rings is 1. The highest BCUT2D eigenvalue weighted by Crippen LogP contribution is 2.37. The summed E-state index contributed by atoms with van der Waals surface area (Å²) in [6, 6.07) is 27.7. The Morgan fingerprint density at radius 2 is 1.58 bits per heavy atom. The molecular formula is C32H31N3O. The van der Waals surface area contributed by atoms with Gasteiger partial charge in [0.15, 0.2) is 0 Å². The largest absolute Gasteiger partial charge is 0.437 e. The van der Waals surface area contributed by atoms with Gasteiger partial charge in [0, 0.05) is 22.2 Å². The summed E-state index contributed by atoms with van der Waals surface area (Å²) in [7, 11) is 0. The number of aromatic nitrogens is 3. The first-order valence-electron chi connectivity index (χ1n) is 12.7. The van der Waals surface area contributed by atoms with Crippen LogP contribution in [-0.4, -0.2) is 14.5 Å². The van der Waals surface area contributed by atoms with Gasteiger partial charge in [0.25, 0.3) is 0 Å². The molecule has 0 unspecified atom stereocenters. The molecule has 0 bridgehead atoms. The number of hydrogen-bond acceptors (Lipinski definition) is 3. The maximum atomic E-state index is 6.45. The smallest absolute Gasteiger partial charge is 0.227 e. The van der Waals surface area contributed by atoms with E-state index in [-0.39, 0.29) is 5.41 Å². The van der Waals surface area contributed by atoms with Crippen molar-refractivity contribution in [3.63, 3.8) is 0 Å². The first-order chi connectivity index (χ1) is 17.3. The Kier molecular flexibility index (Phi) is 5.22. The van der Waals surface area contributed by atoms with Crippen LogP contribution >= 0.6 is 0 Å². The summed E-state index contributed by atoms with van der Waals surface area (Å²) >= 11 is 0. The minimum absolute atomic E-state index is 0.0969. The van der Waals surface area contributed by atoms with Crippen molar-refractivity contribution in [1.82, 2.24) is 14.5 Å². The Morgan fingerprint density at radius 3 is 2.33 bits per heavy atom. The van der Waals surface area contributed by atoms with E-state index in [1.165, 1.54) is 5.56 Å². The topological polar surface area (TPSA) is 43.9 Å². The zero-order valence-corrected chi connectivity index (χ0v) is 21.5. The van der Waals surface area contributed by atoms with Crippen molar-refractivity contribution in [1.29, 1.82) is 0 Å². The molecule has 0 N–H and O–H groups in total. The number of para-hydroxylation sites is 3. The van der Waals surface area contributed by atoms with Gasteiger partial charge in [-0.25, -0.2) is 9.97 Å². The molecule has 6 rings (SSSR count). The molecule has 180 valence electrons. The van der Waals surface area contributed by atoms with E-state index < -0.39 is 0 Å². The van der Waals surface area contributed by atoms with Crippen molar-refractivity contribution in [2.45, 2.75) is 46.5 Å². The van der Waals surface area contributed by atoms with E-state index in [0.717, 1.165) is 56.6 Å². The summed E-state index contributed by atoms with van der Waals surface area (Å²) in [5, 5.41) is 2.10. The van der Waals surface area contributed by atoms with Crippen LogP contribution in [0.3, 0.4) is 0 Å². The molecule has 0 aliphatic heterocycles. The Morgan fingerprint density at radius 1 is 0.806 bits per heavy atom. The molecule has 0 saturated carbocycles. The fourth-order valence-electron chi connectivity index (χ4n) is 5.00. The summed E-state index contributed by atoms with van der Waals surface area (Å²) < 4.78 is 8.68. The molecule has 4 nitrogen and oxygen atoms in total. The number of hydrogen-bond donors (Lipinski definition) is 0. The van der Waals surface area contributed by atoms with E-state index in [9.17, 15) is 0 Å². The molecule has 0 atom stereocenters. The van der Waals surface area contributed by atoms with Crippen LogP contribution in [0.2, 0.25) is 0 Å². The van der Waals surface area contributed by atoms with Crippen molar-refractivity contribution in [2.24, 2.45) is 5.92 Å². The third-order valence-corrected chi connectivity index (χ3v) is 6.83. The molecule has 3 heterocycles. The zero-order valence-electron chi connectivity index (χ0n) is 21.5. The second-order valence-electron chi connectivity index (χ2n) is 11.1. The monoisotopic (exact) mass is 473 g/mol. The lowest BCUT2D eigenvalue weighted by Gasteiger charge is -2.19. The predicted molar refractivity (Wildman–Crippen MR) is 149 cm³/mol. The van der Waals surface area contributed by atoms with E-state index in [0.29, 0.717) is 11.6 Å². The van der Waals surface area contributed by atoms with Crippen molar-refractivity contribution in [2.75, 3.05) is 0 Å². The fourth-order valence-corrected chi connectivity index (χ4v) is 5.00. The maximum Gasteiger partial charge on any atom is 0.227 e. The number of benzene rings is 3. The van der Waals surface area contributed by atoms with Crippen LogP contribution in [-0.2, 0) is 11.8 Å². The predicted octanol–water partition coefficient (Wildman–Crippen LogP) is 8.48. The van der Waals surface area contributed by atoms with Crippen LogP contribution in [0.1, 0.15) is 45.9 Å². The van der Waals surface area contributed by atoms with Gasteiger partial charge >= 0.3 is 0 Å². The van der Waals surface area contributed by atoms with Gasteiger partial charge in [-0.2, -0.15) is 0 Å². The maximum absolute atomic E-state index is 6.45. The molecule has 0 spiro atoms. The fraction of sp³-hybridized carbons (Fsp3) is 0.250. The molecule has 0 fully saturated rings. The van der Waals surface area contributed by atoms with E-state index >= 15 is 0 Å². The van der Waals surface area contributed by atoms with Crippen LogP contribution in [0, 0.1) is 5.92 Å². The number of rotatable bonds is 4. The van der Waals surface area contributed by atoms with Crippen LogP contribution in [0.5, 0.6) is 0 Å². The SMILES string of the molecule is CC(C)Cc1ccc2c(n1)oc1c(-c3nc4ccccc4n3-c3ccc(C(C)(C)C)cc3)cccc12. The van der Waals surface area contributed by atoms with E-state index in [4.69, 9.17) is 14.4 Å². The first-order valence-corrected chi connectivity index (χ1v) is 12.7. The van der Waals surface area contributed by atoms with E-state index in [1.807, 2.05) is 6.07 Å². The lowest BCUT2D eigenvalue weighted by molar-refractivity contribution is 0.590. The summed E-state index contributed by atoms with van der Waals surface area (Å²) in [6.07, 6.45) is 0.931. The zero-order chi connectivity index (χ0) is 25.0. The molecule has 4 heteroatoms. The molecule has 0 aliphatic rings. The van der Waals surface area contributed by atoms with Gasteiger partial charge in [0.2, 0.25) is 5.71 Å². The third-order valence-electron chi connectivity index (χ3n) is 6.83. The summed E-state index contributed by atoms with van der Waals surface area (Å²) in [4.78, 5) is 9.94. The summed E-state index contributed by atoms with van der Waals surface area (Å²) in [6.45, 7) is 11.1. The second-order valence-corrected chi connectivity index (χ2v) is 11.1. The number of furan rings is 1. The highest BCUT2D eigenvalue weighted by atomic mass is 16.3. The van der Waals surface area contributed by atoms with Crippen LogP contribution in [0.25, 0.3) is 50.2 Å². The van der Waals surface area contributed by atoms with Crippen LogP contribution < -0.4 is 0 Å². The Labute approximate surface area is 211 Å². The van der Waals surface area contributed by atoms with Gasteiger partial charge in [-0.05, 0) is 65.8 Å². The van der Waals surface area contributed by atoms with E-state index in [1.54, 1.807) is 0 Å². The molecule has 3 aromatic carbocycles. The van der Waals surface area contributed by atoms with Gasteiger partial charge in [-0.3, -0.25) is 4.57 Å². The molecule has 0 aliphatic carbocycles. The molecule has 6 aromatic rings. The standard InChI is InChI=1S/C32H31N3O/c1-20(2)19-22-15-18-25-24-9-8-10-26(29(24)36-31(25)33-22)30-34-27-11-6-7-12-28(27)35(30)23-16-13-21(14-17-23)32(3,4)5/h6-18,20H,19H2,1-5H3. The lowest BCUT2D eigenvalue weighted by atomic mass is 9.87. The molecule has 0 saturated heterocycles. The highest BCUT2D eigenvalue weighted by Gasteiger charge is 2.21. The quantitative estimate of drug-likeness (QED) is 0.258. The normalized spacial score (nSPS) is 12.4. The Hall–Kier alpha value is -3.92. The molecule has 0 radical (unpaired) electrons. The number of fused-ring (bicyclic) bond motifs is 4. The highest BCUT2D eigenvalue weighted by molar-refractivity contribution is 6.08. The second kappa shape index (κ2) is 8.34. The van der Waals surface area contributed by atoms with Gasteiger partial charge in [0.05, 0.1) is 16.6 Å². The number of pyridine rings is 1. The third kappa shape index (κ3) is 3.78. The summed E-state index contributed by atoms with van der Waals surface area (Å²) in [5.74, 6) is 1.41. The average molecular weight is 474 g/mol. The minimum atomic E-state index is 0.0969. The van der Waals surface area contributed by atoms with Gasteiger partial charge in [-0.1, -0.05) is 71.0 Å². The summed E-state index contributed by atoms with van der Waals surface area (Å²) in [5.41, 5.74) is 8.05. The Balaban J connectivity index is 1.58. The molecule has 0 amide bonds. The van der Waals surface area contributed by atoms with Crippen molar-refractivity contribution in [3.8, 4) is 17.1 Å². The molecule has 36 heavy (non-hydrogen) atoms. The van der Waals surface area contributed by atoms with Crippen LogP contribution in [0.4, 0.5) is 0 Å². The molecule has 3 aromatic heterocycles. The van der Waals surface area contributed by atoms with Crippen molar-refractivity contribution < 1.29 is 4.42 Å². The minimum Gasteiger partial charge on any atom is -0.437 e. The molecular weight excluding hydrogens is 442 g/mol. The van der Waals surface area contributed by atoms with Gasteiger partial charge in [0.1, 0.15) is 11.4 Å².